The molecule has 0 spiro atoms. The molecule has 98 valence electrons. The summed E-state index contributed by atoms with van der Waals surface area (Å²) in [7, 11) is 0. The first-order chi connectivity index (χ1) is 9.00. The van der Waals surface area contributed by atoms with E-state index in [1.807, 2.05) is 13.0 Å². The van der Waals surface area contributed by atoms with Gasteiger partial charge in [-0.25, -0.2) is 0 Å². The predicted molar refractivity (Wildman–Crippen MR) is 72.6 cm³/mol. The molecule has 0 aliphatic heterocycles. The molecule has 0 unspecified atom stereocenters. The highest BCUT2D eigenvalue weighted by atomic mass is 35.5. The Labute approximate surface area is 120 Å². The highest BCUT2D eigenvalue weighted by Gasteiger charge is 2.12. The maximum absolute atomic E-state index is 11.0. The number of carbonyl (C=O) groups excluding carboxylic acids is 1. The molecule has 0 fully saturated rings. The van der Waals surface area contributed by atoms with E-state index >= 15 is 0 Å². The number of benzene rings is 1. The molecule has 1 heterocycles. The van der Waals surface area contributed by atoms with Crippen molar-refractivity contribution < 1.29 is 9.90 Å². The number of carboxylic acids is 1. The molecule has 0 saturated heterocycles. The van der Waals surface area contributed by atoms with E-state index in [9.17, 15) is 9.90 Å². The summed E-state index contributed by atoms with van der Waals surface area (Å²) in [6.07, 6.45) is 1.78. The number of halogens is 2. The number of carbonyl (C=O) groups is 1. The van der Waals surface area contributed by atoms with Gasteiger partial charge in [0.15, 0.2) is 0 Å². The zero-order valence-corrected chi connectivity index (χ0v) is 11.6. The second-order valence-corrected chi connectivity index (χ2v) is 4.90. The van der Waals surface area contributed by atoms with Gasteiger partial charge in [0.1, 0.15) is 0 Å². The Morgan fingerprint density at radius 3 is 2.74 bits per heavy atom. The van der Waals surface area contributed by atoms with Crippen molar-refractivity contribution >= 4 is 29.2 Å². The third-order valence-corrected chi connectivity index (χ3v) is 3.71. The molecule has 19 heavy (non-hydrogen) atoms. The molecule has 0 aliphatic carbocycles. The Morgan fingerprint density at radius 1 is 1.32 bits per heavy atom. The minimum atomic E-state index is -1.26. The average molecular weight is 295 g/mol. The number of rotatable bonds is 3. The highest BCUT2D eigenvalue weighted by Crippen LogP contribution is 2.30. The summed E-state index contributed by atoms with van der Waals surface area (Å²) in [4.78, 5) is 15.1. The van der Waals surface area contributed by atoms with Crippen LogP contribution in [0.5, 0.6) is 0 Å². The normalized spacial score (nSPS) is 10.5. The third-order valence-electron chi connectivity index (χ3n) is 2.83. The van der Waals surface area contributed by atoms with Gasteiger partial charge in [0.05, 0.1) is 11.7 Å². The van der Waals surface area contributed by atoms with Gasteiger partial charge in [-0.2, -0.15) is 0 Å². The molecule has 0 bridgehead atoms. The van der Waals surface area contributed by atoms with Crippen LogP contribution in [0.15, 0.2) is 30.5 Å². The van der Waals surface area contributed by atoms with Crippen LogP contribution in [0.1, 0.15) is 27.2 Å². The molecule has 0 radical (unpaired) electrons. The van der Waals surface area contributed by atoms with E-state index < -0.39 is 5.97 Å². The van der Waals surface area contributed by atoms with Crippen LogP contribution in [-0.4, -0.2) is 11.0 Å². The number of aromatic carboxylic acids is 1. The molecule has 0 atom stereocenters. The highest BCUT2D eigenvalue weighted by molar-refractivity contribution is 6.36. The van der Waals surface area contributed by atoms with Gasteiger partial charge in [-0.1, -0.05) is 29.3 Å². The van der Waals surface area contributed by atoms with E-state index in [4.69, 9.17) is 23.2 Å². The predicted octanol–water partition coefficient (Wildman–Crippen LogP) is 2.65. The number of hydrogen-bond acceptors (Lipinski definition) is 3. The van der Waals surface area contributed by atoms with Crippen LogP contribution in [-0.2, 0) is 6.42 Å². The number of aryl methyl sites for hydroxylation is 1. The Hall–Kier alpha value is -1.58. The SMILES string of the molecule is Cc1ccc(Cl)c(Cc2ncccc2C(=O)[O-])c1Cl. The van der Waals surface area contributed by atoms with Gasteiger partial charge in [-0.3, -0.25) is 4.98 Å². The fourth-order valence-corrected chi connectivity index (χ4v) is 2.31. The molecule has 3 nitrogen and oxygen atoms in total. The number of carboxylic acid groups (broad SMARTS) is 1. The van der Waals surface area contributed by atoms with Gasteiger partial charge in [0, 0.05) is 28.2 Å². The Morgan fingerprint density at radius 2 is 2.05 bits per heavy atom. The van der Waals surface area contributed by atoms with Crippen molar-refractivity contribution in [3.8, 4) is 0 Å². The van der Waals surface area contributed by atoms with E-state index in [-0.39, 0.29) is 12.0 Å². The third kappa shape index (κ3) is 2.88. The zero-order chi connectivity index (χ0) is 14.0. The molecule has 5 heteroatoms. The first kappa shape index (κ1) is 13.8. The summed E-state index contributed by atoms with van der Waals surface area (Å²) in [5.74, 6) is -1.26. The van der Waals surface area contributed by atoms with Crippen molar-refractivity contribution in [1.82, 2.24) is 4.98 Å². The molecule has 1 aromatic carbocycles. The summed E-state index contributed by atoms with van der Waals surface area (Å²) >= 11 is 12.3. The minimum absolute atomic E-state index is 0.0520. The van der Waals surface area contributed by atoms with Crippen LogP contribution in [0, 0.1) is 6.92 Å². The fourth-order valence-electron chi connectivity index (χ4n) is 1.81. The lowest BCUT2D eigenvalue weighted by molar-refractivity contribution is -0.255. The monoisotopic (exact) mass is 294 g/mol. The maximum Gasteiger partial charge on any atom is 0.0733 e. The van der Waals surface area contributed by atoms with E-state index in [1.165, 1.54) is 12.3 Å². The van der Waals surface area contributed by atoms with Gasteiger partial charge >= 0.3 is 0 Å². The van der Waals surface area contributed by atoms with Crippen molar-refractivity contribution in [2.24, 2.45) is 0 Å². The topological polar surface area (TPSA) is 53.0 Å². The molecule has 2 aromatic rings. The van der Waals surface area contributed by atoms with Gasteiger partial charge in [-0.15, -0.1) is 0 Å². The largest absolute Gasteiger partial charge is 0.545 e. The van der Waals surface area contributed by atoms with E-state index in [1.54, 1.807) is 12.1 Å². The van der Waals surface area contributed by atoms with E-state index in [2.05, 4.69) is 4.98 Å². The van der Waals surface area contributed by atoms with Crippen molar-refractivity contribution in [3.63, 3.8) is 0 Å². The molecule has 1 aromatic heterocycles. The smallest absolute Gasteiger partial charge is 0.0733 e. The summed E-state index contributed by atoms with van der Waals surface area (Å²) in [6.45, 7) is 1.86. The lowest BCUT2D eigenvalue weighted by Crippen LogP contribution is -2.24. The maximum atomic E-state index is 11.0. The quantitative estimate of drug-likeness (QED) is 0.874. The molecular weight excluding hydrogens is 285 g/mol. The number of hydrogen-bond donors (Lipinski definition) is 0. The summed E-state index contributed by atoms with van der Waals surface area (Å²) in [6, 6.07) is 6.55. The number of pyridine rings is 1. The summed E-state index contributed by atoms with van der Waals surface area (Å²) in [5, 5.41) is 12.1. The standard InChI is InChI=1S/C14H11Cl2NO2/c1-8-4-5-11(15)10(13(8)16)7-12-9(14(18)19)3-2-6-17-12/h2-6H,7H2,1H3,(H,18,19)/p-1. The molecule has 0 N–H and O–H groups in total. The van der Waals surface area contributed by atoms with Crippen LogP contribution >= 0.6 is 23.2 Å². The lowest BCUT2D eigenvalue weighted by Gasteiger charge is -2.12. The van der Waals surface area contributed by atoms with Crippen LogP contribution in [0.3, 0.4) is 0 Å². The Kier molecular flexibility index (Phi) is 4.08. The van der Waals surface area contributed by atoms with Gasteiger partial charge in [-0.05, 0) is 36.2 Å². The van der Waals surface area contributed by atoms with Gasteiger partial charge in [0.2, 0.25) is 0 Å². The van der Waals surface area contributed by atoms with Crippen LogP contribution in [0.25, 0.3) is 0 Å². The van der Waals surface area contributed by atoms with E-state index in [0.29, 0.717) is 21.3 Å². The minimum Gasteiger partial charge on any atom is -0.545 e. The van der Waals surface area contributed by atoms with Gasteiger partial charge in [0.25, 0.3) is 0 Å². The second kappa shape index (κ2) is 5.59. The van der Waals surface area contributed by atoms with Crippen molar-refractivity contribution in [2.75, 3.05) is 0 Å². The molecular formula is C14H10Cl2NO2-. The molecule has 0 saturated carbocycles. The lowest BCUT2D eigenvalue weighted by atomic mass is 10.0. The number of nitrogens with zero attached hydrogens (tertiary/aromatic N) is 1. The van der Waals surface area contributed by atoms with Crippen LogP contribution in [0.4, 0.5) is 0 Å². The van der Waals surface area contributed by atoms with Crippen molar-refractivity contribution in [1.29, 1.82) is 0 Å². The summed E-state index contributed by atoms with van der Waals surface area (Å²) in [5.41, 5.74) is 1.99. The zero-order valence-electron chi connectivity index (χ0n) is 10.1. The molecule has 0 amide bonds. The fraction of sp³-hybridized carbons (Fsp3) is 0.143. The Balaban J connectivity index is 2.48. The molecule has 2 rings (SSSR count). The van der Waals surface area contributed by atoms with Crippen LogP contribution < -0.4 is 5.11 Å². The molecule has 0 aliphatic rings. The first-order valence-electron chi connectivity index (χ1n) is 5.59. The van der Waals surface area contributed by atoms with Crippen molar-refractivity contribution in [2.45, 2.75) is 13.3 Å². The number of aromatic nitrogens is 1. The second-order valence-electron chi connectivity index (χ2n) is 4.12. The van der Waals surface area contributed by atoms with Crippen molar-refractivity contribution in [3.05, 3.63) is 62.9 Å². The van der Waals surface area contributed by atoms with Crippen LogP contribution in [0.2, 0.25) is 10.0 Å². The summed E-state index contributed by atoms with van der Waals surface area (Å²) < 4.78 is 0. The average Bonchev–Trinajstić information content (AvgIpc) is 2.39. The van der Waals surface area contributed by atoms with Gasteiger partial charge < -0.3 is 9.90 Å². The Bertz CT molecular complexity index is 641. The first-order valence-corrected chi connectivity index (χ1v) is 6.35. The van der Waals surface area contributed by atoms with E-state index in [0.717, 1.165) is 5.56 Å².